The number of hydrogen-bond acceptors (Lipinski definition) is 3. The van der Waals surface area contributed by atoms with E-state index >= 15 is 0 Å². The lowest BCUT2D eigenvalue weighted by Gasteiger charge is -2.13. The lowest BCUT2D eigenvalue weighted by molar-refractivity contribution is -0.139. The van der Waals surface area contributed by atoms with Crippen LogP contribution >= 0.6 is 0 Å². The van der Waals surface area contributed by atoms with Crippen molar-refractivity contribution in [3.63, 3.8) is 0 Å². The molecule has 0 saturated carbocycles. The van der Waals surface area contributed by atoms with Gasteiger partial charge >= 0.3 is 5.97 Å². The maximum atomic E-state index is 11.9. The Bertz CT molecular complexity index is 429. The van der Waals surface area contributed by atoms with Gasteiger partial charge in [-0.15, -0.1) is 0 Å². The average Bonchev–Trinajstić information content (AvgIpc) is 2.83. The first-order chi connectivity index (χ1) is 9.08. The van der Waals surface area contributed by atoms with Crippen LogP contribution < -0.4 is 5.32 Å². The Labute approximate surface area is 112 Å². The third-order valence-electron chi connectivity index (χ3n) is 2.80. The number of unbranched alkanes of at least 4 members (excludes halogenated alkanes) is 1. The fourth-order valence-electron chi connectivity index (χ4n) is 1.74. The lowest BCUT2D eigenvalue weighted by atomic mass is 10.1. The van der Waals surface area contributed by atoms with Gasteiger partial charge < -0.3 is 10.4 Å². The highest BCUT2D eigenvalue weighted by Crippen LogP contribution is 2.04. The molecule has 0 aliphatic heterocycles. The molecule has 0 radical (unpaired) electrons. The molecule has 1 heterocycles. The van der Waals surface area contributed by atoms with Crippen molar-refractivity contribution in [2.45, 2.75) is 52.1 Å². The van der Waals surface area contributed by atoms with Gasteiger partial charge in [-0.05, 0) is 12.8 Å². The zero-order valence-corrected chi connectivity index (χ0v) is 11.4. The zero-order valence-electron chi connectivity index (χ0n) is 11.4. The molecule has 1 atom stereocenters. The number of rotatable bonds is 8. The number of carboxylic acids is 1. The van der Waals surface area contributed by atoms with E-state index in [4.69, 9.17) is 5.11 Å². The van der Waals surface area contributed by atoms with E-state index in [2.05, 4.69) is 10.4 Å². The smallest absolute Gasteiger partial charge is 0.326 e. The predicted octanol–water partition coefficient (Wildman–Crippen LogP) is 1.67. The van der Waals surface area contributed by atoms with Crippen LogP contribution in [0.3, 0.4) is 0 Å². The van der Waals surface area contributed by atoms with E-state index in [1.54, 1.807) is 10.9 Å². The normalized spacial score (nSPS) is 12.1. The quantitative estimate of drug-likeness (QED) is 0.750. The van der Waals surface area contributed by atoms with E-state index in [1.807, 2.05) is 13.8 Å². The first-order valence-electron chi connectivity index (χ1n) is 6.64. The summed E-state index contributed by atoms with van der Waals surface area (Å²) in [4.78, 5) is 23.0. The Morgan fingerprint density at radius 2 is 2.16 bits per heavy atom. The number of aromatic nitrogens is 2. The lowest BCUT2D eigenvalue weighted by Crippen LogP contribution is -2.40. The summed E-state index contributed by atoms with van der Waals surface area (Å²) in [6.45, 7) is 4.74. The Balaban J connectivity index is 2.62. The van der Waals surface area contributed by atoms with Crippen LogP contribution in [0.25, 0.3) is 0 Å². The number of carbonyl (C=O) groups excluding carboxylic acids is 1. The van der Waals surface area contributed by atoms with Crippen LogP contribution in [0.4, 0.5) is 0 Å². The number of carbonyl (C=O) groups is 2. The molecule has 0 fully saturated rings. The van der Waals surface area contributed by atoms with Crippen molar-refractivity contribution in [2.75, 3.05) is 0 Å². The van der Waals surface area contributed by atoms with Gasteiger partial charge in [0.15, 0.2) is 0 Å². The number of hydrogen-bond donors (Lipinski definition) is 2. The maximum absolute atomic E-state index is 11.9. The van der Waals surface area contributed by atoms with Crippen molar-refractivity contribution in [3.05, 3.63) is 18.0 Å². The van der Waals surface area contributed by atoms with Crippen molar-refractivity contribution in [3.8, 4) is 0 Å². The molecule has 0 aliphatic carbocycles. The van der Waals surface area contributed by atoms with Gasteiger partial charge in [0.2, 0.25) is 0 Å². The molecule has 0 saturated heterocycles. The SMILES string of the molecule is CCCC[C@H](NC(=O)c1cnn(CCC)c1)C(=O)O. The fraction of sp³-hybridized carbons (Fsp3) is 0.615. The van der Waals surface area contributed by atoms with E-state index in [0.717, 1.165) is 25.8 Å². The highest BCUT2D eigenvalue weighted by Gasteiger charge is 2.20. The number of aliphatic carboxylic acids is 1. The third kappa shape index (κ3) is 4.73. The molecule has 6 heteroatoms. The monoisotopic (exact) mass is 267 g/mol. The Kier molecular flexibility index (Phi) is 6.05. The second-order valence-electron chi connectivity index (χ2n) is 4.50. The maximum Gasteiger partial charge on any atom is 0.326 e. The van der Waals surface area contributed by atoms with Crippen LogP contribution in [-0.2, 0) is 11.3 Å². The van der Waals surface area contributed by atoms with Gasteiger partial charge in [0.1, 0.15) is 6.04 Å². The summed E-state index contributed by atoms with van der Waals surface area (Å²) in [5, 5.41) is 15.6. The number of amides is 1. The van der Waals surface area contributed by atoms with E-state index in [1.165, 1.54) is 6.20 Å². The van der Waals surface area contributed by atoms with Gasteiger partial charge in [0.05, 0.1) is 11.8 Å². The molecule has 1 aromatic rings. The molecule has 19 heavy (non-hydrogen) atoms. The van der Waals surface area contributed by atoms with Crippen molar-refractivity contribution in [1.82, 2.24) is 15.1 Å². The topological polar surface area (TPSA) is 84.2 Å². The molecule has 0 bridgehead atoms. The van der Waals surface area contributed by atoms with Crippen molar-refractivity contribution < 1.29 is 14.7 Å². The molecule has 2 N–H and O–H groups in total. The average molecular weight is 267 g/mol. The van der Waals surface area contributed by atoms with Gasteiger partial charge in [0, 0.05) is 12.7 Å². The molecule has 0 aliphatic rings. The van der Waals surface area contributed by atoms with Crippen LogP contribution in [0, 0.1) is 0 Å². The predicted molar refractivity (Wildman–Crippen MR) is 70.9 cm³/mol. The van der Waals surface area contributed by atoms with E-state index in [9.17, 15) is 9.59 Å². The molecule has 1 amide bonds. The van der Waals surface area contributed by atoms with Crippen molar-refractivity contribution in [2.24, 2.45) is 0 Å². The van der Waals surface area contributed by atoms with Gasteiger partial charge in [-0.2, -0.15) is 5.10 Å². The number of nitrogens with one attached hydrogen (secondary N) is 1. The molecular formula is C13H21N3O3. The highest BCUT2D eigenvalue weighted by atomic mass is 16.4. The summed E-state index contributed by atoms with van der Waals surface area (Å²) in [5.41, 5.74) is 0.399. The fourth-order valence-corrected chi connectivity index (χ4v) is 1.74. The van der Waals surface area contributed by atoms with Gasteiger partial charge in [0.25, 0.3) is 5.91 Å². The minimum Gasteiger partial charge on any atom is -0.480 e. The van der Waals surface area contributed by atoms with Crippen LogP contribution in [-0.4, -0.2) is 32.8 Å². The summed E-state index contributed by atoms with van der Waals surface area (Å²) in [6, 6.07) is -0.832. The Morgan fingerprint density at radius 3 is 2.74 bits per heavy atom. The minimum atomic E-state index is -0.997. The van der Waals surface area contributed by atoms with Crippen LogP contribution in [0.5, 0.6) is 0 Å². The second kappa shape index (κ2) is 7.56. The minimum absolute atomic E-state index is 0.383. The molecule has 1 aromatic heterocycles. The van der Waals surface area contributed by atoms with E-state index < -0.39 is 12.0 Å². The largest absolute Gasteiger partial charge is 0.480 e. The third-order valence-corrected chi connectivity index (χ3v) is 2.80. The van der Waals surface area contributed by atoms with Crippen molar-refractivity contribution >= 4 is 11.9 Å². The van der Waals surface area contributed by atoms with Gasteiger partial charge in [-0.1, -0.05) is 26.7 Å². The molecule has 6 nitrogen and oxygen atoms in total. The summed E-state index contributed by atoms with van der Waals surface area (Å²) in [6.07, 6.45) is 6.14. The molecule has 0 spiro atoms. The molecular weight excluding hydrogens is 246 g/mol. The van der Waals surface area contributed by atoms with Crippen LogP contribution in [0.15, 0.2) is 12.4 Å². The first kappa shape index (κ1) is 15.2. The first-order valence-corrected chi connectivity index (χ1v) is 6.64. The second-order valence-corrected chi connectivity index (χ2v) is 4.50. The summed E-state index contributed by atoms with van der Waals surface area (Å²) < 4.78 is 1.68. The van der Waals surface area contributed by atoms with Crippen molar-refractivity contribution in [1.29, 1.82) is 0 Å². The van der Waals surface area contributed by atoms with Gasteiger partial charge in [-0.3, -0.25) is 9.48 Å². The zero-order chi connectivity index (χ0) is 14.3. The summed E-state index contributed by atoms with van der Waals surface area (Å²) >= 11 is 0. The number of aryl methyl sites for hydroxylation is 1. The molecule has 106 valence electrons. The molecule has 0 aromatic carbocycles. The number of carboxylic acid groups (broad SMARTS) is 1. The highest BCUT2D eigenvalue weighted by molar-refractivity contribution is 5.96. The van der Waals surface area contributed by atoms with Gasteiger partial charge in [-0.25, -0.2) is 4.79 Å². The Morgan fingerprint density at radius 1 is 1.42 bits per heavy atom. The standard InChI is InChI=1S/C13H21N3O3/c1-3-5-6-11(13(18)19)15-12(17)10-8-14-16(9-10)7-4-2/h8-9,11H,3-7H2,1-2H3,(H,15,17)(H,18,19)/t11-/m0/s1. The summed E-state index contributed by atoms with van der Waals surface area (Å²) in [7, 11) is 0. The van der Waals surface area contributed by atoms with Crippen LogP contribution in [0.2, 0.25) is 0 Å². The number of nitrogens with zero attached hydrogens (tertiary/aromatic N) is 2. The molecule has 0 unspecified atom stereocenters. The summed E-state index contributed by atoms with van der Waals surface area (Å²) in [5.74, 6) is -1.38. The van der Waals surface area contributed by atoms with Crippen LogP contribution in [0.1, 0.15) is 49.9 Å². The van der Waals surface area contributed by atoms with E-state index in [0.29, 0.717) is 12.0 Å². The molecule has 1 rings (SSSR count). The Hall–Kier alpha value is -1.85. The van der Waals surface area contributed by atoms with E-state index in [-0.39, 0.29) is 5.91 Å².